The van der Waals surface area contributed by atoms with Gasteiger partial charge in [-0.2, -0.15) is 0 Å². The molecule has 0 aliphatic heterocycles. The van der Waals surface area contributed by atoms with Crippen LogP contribution in [0, 0.1) is 0 Å². The highest BCUT2D eigenvalue weighted by Crippen LogP contribution is 2.36. The molecule has 10 heteroatoms. The molecule has 4 rings (SSSR count). The zero-order chi connectivity index (χ0) is 19.7. The van der Waals surface area contributed by atoms with Crippen LogP contribution in [0.1, 0.15) is 18.1 Å². The van der Waals surface area contributed by atoms with Crippen molar-refractivity contribution in [1.29, 1.82) is 0 Å². The van der Waals surface area contributed by atoms with Crippen LogP contribution < -0.4 is 5.84 Å². The normalized spacial score (nSPS) is 12.2. The molecule has 0 saturated heterocycles. The van der Waals surface area contributed by atoms with Crippen molar-refractivity contribution in [3.8, 4) is 22.8 Å². The van der Waals surface area contributed by atoms with Gasteiger partial charge in [0, 0.05) is 16.1 Å². The van der Waals surface area contributed by atoms with E-state index in [1.54, 1.807) is 18.2 Å². The minimum atomic E-state index is -0.176. The maximum absolute atomic E-state index is 6.25. The summed E-state index contributed by atoms with van der Waals surface area (Å²) >= 11 is 13.5. The van der Waals surface area contributed by atoms with Crippen LogP contribution in [-0.4, -0.2) is 25.1 Å². The molecular formula is C18H14Cl2N6OS. The fourth-order valence-corrected chi connectivity index (χ4v) is 3.81. The predicted octanol–water partition coefficient (Wildman–Crippen LogP) is 4.87. The van der Waals surface area contributed by atoms with Gasteiger partial charge in [-0.15, -0.1) is 20.4 Å². The van der Waals surface area contributed by atoms with Gasteiger partial charge in [-0.05, 0) is 37.3 Å². The largest absolute Gasteiger partial charge is 0.419 e. The van der Waals surface area contributed by atoms with Crippen molar-refractivity contribution in [1.82, 2.24) is 25.1 Å². The number of halogens is 2. The lowest BCUT2D eigenvalue weighted by molar-refractivity contribution is 0.509. The van der Waals surface area contributed by atoms with E-state index >= 15 is 0 Å². The van der Waals surface area contributed by atoms with E-state index in [2.05, 4.69) is 20.4 Å². The van der Waals surface area contributed by atoms with Crippen LogP contribution in [0.3, 0.4) is 0 Å². The van der Waals surface area contributed by atoms with Crippen LogP contribution in [0.5, 0.6) is 0 Å². The van der Waals surface area contributed by atoms with Crippen molar-refractivity contribution in [2.45, 2.75) is 17.3 Å². The van der Waals surface area contributed by atoms with Crippen LogP contribution >= 0.6 is 35.0 Å². The predicted molar refractivity (Wildman–Crippen MR) is 110 cm³/mol. The van der Waals surface area contributed by atoms with Gasteiger partial charge in [0.25, 0.3) is 0 Å². The van der Waals surface area contributed by atoms with Crippen molar-refractivity contribution in [2.24, 2.45) is 0 Å². The first-order chi connectivity index (χ1) is 13.5. The maximum atomic E-state index is 6.25. The molecule has 4 aromatic rings. The fourth-order valence-electron chi connectivity index (χ4n) is 2.52. The molecule has 0 bridgehead atoms. The Hall–Kier alpha value is -2.55. The first-order valence-electron chi connectivity index (χ1n) is 8.24. The van der Waals surface area contributed by atoms with Gasteiger partial charge in [0.2, 0.25) is 16.9 Å². The molecule has 142 valence electrons. The Morgan fingerprint density at radius 3 is 2.57 bits per heavy atom. The molecular weight excluding hydrogens is 419 g/mol. The van der Waals surface area contributed by atoms with E-state index in [9.17, 15) is 0 Å². The quantitative estimate of drug-likeness (QED) is 0.354. The van der Waals surface area contributed by atoms with Crippen molar-refractivity contribution in [3.05, 3.63) is 64.5 Å². The molecule has 1 unspecified atom stereocenters. The van der Waals surface area contributed by atoms with E-state index in [-0.39, 0.29) is 5.25 Å². The monoisotopic (exact) mass is 432 g/mol. The summed E-state index contributed by atoms with van der Waals surface area (Å²) in [4.78, 5) is 0. The van der Waals surface area contributed by atoms with Gasteiger partial charge in [0.05, 0.1) is 10.3 Å². The van der Waals surface area contributed by atoms with E-state index in [0.29, 0.717) is 38.4 Å². The molecule has 7 nitrogen and oxygen atoms in total. The Kier molecular flexibility index (Phi) is 5.25. The van der Waals surface area contributed by atoms with Gasteiger partial charge >= 0.3 is 0 Å². The summed E-state index contributed by atoms with van der Waals surface area (Å²) in [7, 11) is 0. The Morgan fingerprint density at radius 2 is 1.82 bits per heavy atom. The summed E-state index contributed by atoms with van der Waals surface area (Å²) in [6.45, 7) is 1.93. The molecule has 2 heterocycles. The van der Waals surface area contributed by atoms with E-state index in [0.717, 1.165) is 5.56 Å². The second kappa shape index (κ2) is 7.83. The Bertz CT molecular complexity index is 1110. The molecule has 0 fully saturated rings. The molecule has 0 spiro atoms. The topological polar surface area (TPSA) is 95.7 Å². The first kappa shape index (κ1) is 18.8. The number of benzene rings is 2. The van der Waals surface area contributed by atoms with Crippen molar-refractivity contribution in [2.75, 3.05) is 5.84 Å². The summed E-state index contributed by atoms with van der Waals surface area (Å²) in [6, 6.07) is 14.7. The summed E-state index contributed by atoms with van der Waals surface area (Å²) in [5.41, 5.74) is 1.50. The average molecular weight is 433 g/mol. The van der Waals surface area contributed by atoms with Gasteiger partial charge in [-0.1, -0.05) is 53.2 Å². The van der Waals surface area contributed by atoms with Crippen LogP contribution in [0.25, 0.3) is 22.8 Å². The van der Waals surface area contributed by atoms with Gasteiger partial charge in [-0.25, -0.2) is 4.68 Å². The zero-order valence-corrected chi connectivity index (χ0v) is 16.9. The van der Waals surface area contributed by atoms with Crippen LogP contribution in [0.2, 0.25) is 10.0 Å². The van der Waals surface area contributed by atoms with Gasteiger partial charge in [-0.3, -0.25) is 0 Å². The number of aromatic nitrogens is 5. The van der Waals surface area contributed by atoms with Crippen molar-refractivity contribution < 1.29 is 4.42 Å². The molecule has 0 radical (unpaired) electrons. The van der Waals surface area contributed by atoms with Crippen molar-refractivity contribution >= 4 is 35.0 Å². The van der Waals surface area contributed by atoms with E-state index in [4.69, 9.17) is 33.5 Å². The molecule has 0 amide bonds. The minimum absolute atomic E-state index is 0.176. The molecule has 1 atom stereocenters. The highest BCUT2D eigenvalue weighted by atomic mass is 35.5. The third kappa shape index (κ3) is 3.71. The summed E-state index contributed by atoms with van der Waals surface area (Å²) in [6.07, 6.45) is 0. The first-order valence-corrected chi connectivity index (χ1v) is 9.88. The third-order valence-corrected chi connectivity index (χ3v) is 5.52. The molecule has 2 aromatic carbocycles. The molecule has 2 aromatic heterocycles. The number of hydrogen-bond donors (Lipinski definition) is 1. The fraction of sp³-hybridized carbons (Fsp3) is 0.111. The van der Waals surface area contributed by atoms with E-state index < -0.39 is 0 Å². The summed E-state index contributed by atoms with van der Waals surface area (Å²) in [5, 5.41) is 17.8. The third-order valence-electron chi connectivity index (χ3n) is 3.93. The van der Waals surface area contributed by atoms with E-state index in [1.807, 2.05) is 37.3 Å². The molecule has 28 heavy (non-hydrogen) atoms. The standard InChI is InChI=1S/C18H14Cl2N6OS/c1-10(16-23-24-17(27-16)11-5-3-2-4-6-11)28-18-25-22-15(26(18)21)13-8-7-12(19)9-14(13)20/h2-10H,21H2,1H3. The highest BCUT2D eigenvalue weighted by Gasteiger charge is 2.21. The number of nitrogens with zero attached hydrogens (tertiary/aromatic N) is 5. The molecule has 0 saturated carbocycles. The lowest BCUT2D eigenvalue weighted by Gasteiger charge is -2.07. The van der Waals surface area contributed by atoms with Crippen LogP contribution in [-0.2, 0) is 0 Å². The van der Waals surface area contributed by atoms with Gasteiger partial charge in [0.15, 0.2) is 5.82 Å². The number of nitrogens with two attached hydrogens (primary N) is 1. The Balaban J connectivity index is 1.55. The van der Waals surface area contributed by atoms with Crippen molar-refractivity contribution in [3.63, 3.8) is 0 Å². The number of hydrogen-bond acceptors (Lipinski definition) is 7. The zero-order valence-electron chi connectivity index (χ0n) is 14.6. The second-order valence-corrected chi connectivity index (χ2v) is 8.02. The van der Waals surface area contributed by atoms with Crippen LogP contribution in [0.4, 0.5) is 0 Å². The van der Waals surface area contributed by atoms with E-state index in [1.165, 1.54) is 16.4 Å². The second-order valence-electron chi connectivity index (χ2n) is 5.87. The lowest BCUT2D eigenvalue weighted by Crippen LogP contribution is -2.12. The highest BCUT2D eigenvalue weighted by molar-refractivity contribution is 7.99. The number of rotatable bonds is 5. The summed E-state index contributed by atoms with van der Waals surface area (Å²) < 4.78 is 7.17. The Labute approximate surface area is 174 Å². The SMILES string of the molecule is CC(Sc1nnc(-c2ccc(Cl)cc2Cl)n1N)c1nnc(-c2ccccc2)o1. The minimum Gasteiger partial charge on any atom is -0.419 e. The smallest absolute Gasteiger partial charge is 0.247 e. The maximum Gasteiger partial charge on any atom is 0.247 e. The lowest BCUT2D eigenvalue weighted by atomic mass is 10.2. The molecule has 0 aliphatic carbocycles. The summed E-state index contributed by atoms with van der Waals surface area (Å²) in [5.74, 6) is 7.55. The molecule has 2 N–H and O–H groups in total. The van der Waals surface area contributed by atoms with Gasteiger partial charge in [0.1, 0.15) is 0 Å². The average Bonchev–Trinajstić information content (AvgIpc) is 3.31. The number of thioether (sulfide) groups is 1. The molecule has 0 aliphatic rings. The van der Waals surface area contributed by atoms with Crippen LogP contribution in [0.15, 0.2) is 58.1 Å². The Morgan fingerprint density at radius 1 is 1.04 bits per heavy atom. The number of nitrogen functional groups attached to an aromatic ring is 1. The van der Waals surface area contributed by atoms with Gasteiger partial charge < -0.3 is 10.3 Å².